The van der Waals surface area contributed by atoms with Crippen molar-refractivity contribution in [1.82, 2.24) is 35.8 Å². The number of terminal acetylenes is 1. The number of fused-ring (bicyclic) bond motifs is 6. The van der Waals surface area contributed by atoms with Gasteiger partial charge in [-0.05, 0) is 115 Å². The van der Waals surface area contributed by atoms with Crippen LogP contribution in [0.3, 0.4) is 0 Å². The lowest BCUT2D eigenvalue weighted by atomic mass is 9.63. The summed E-state index contributed by atoms with van der Waals surface area (Å²) in [6.45, 7) is 10.1. The van der Waals surface area contributed by atoms with Crippen LogP contribution in [0.1, 0.15) is 85.8 Å². The van der Waals surface area contributed by atoms with E-state index in [9.17, 15) is 14.7 Å². The number of aromatic nitrogens is 3. The van der Waals surface area contributed by atoms with Gasteiger partial charge in [-0.1, -0.05) is 80.2 Å². The molecule has 6 N–H and O–H groups in total. The Morgan fingerprint density at radius 3 is 2.55 bits per heavy atom. The number of nitrogens with one attached hydrogen (secondary N) is 5. The lowest BCUT2D eigenvalue weighted by molar-refractivity contribution is -0.118. The lowest BCUT2D eigenvalue weighted by Crippen LogP contribution is -2.51. The standard InChI is InChI=1S/C63H64Cl2F2N10O5/c1-6-34-10-7-11-35-24-41(78)27-43(51(34)35)55-54(67)56-44(29-69-55)58(77-30-38-17-18-39(31-77)71-38)75-61(74-56)82-32-40-12-9-22-76(40)23-21-68-59(79)36-15-20-47(49(25-36)81-5)72-60(80)57-52(42-13-8-14-46(65)53(42)66)63(50(73-57)28-62(2,3)4)33-70-48-26-37(64)16-19-45(48)63/h1,7-8,10-11,13-16,19-20,24-27,29,38-40,50,52,57,70-71,73,78H,9,12,17-18,21-23,28,30-33H2,2-5H3,(H,68,79)(H,72,80)/t38-,39+,40-,50+,52?,57?,63?/m0/s1. The van der Waals surface area contributed by atoms with Crippen LogP contribution in [0.25, 0.3) is 32.9 Å². The van der Waals surface area contributed by atoms with Crippen molar-refractivity contribution in [1.29, 1.82) is 0 Å². The van der Waals surface area contributed by atoms with Crippen molar-refractivity contribution < 1.29 is 33.0 Å². The summed E-state index contributed by atoms with van der Waals surface area (Å²) in [5.74, 6) is 0.751. The fourth-order valence-electron chi connectivity index (χ4n) is 13.6. The summed E-state index contributed by atoms with van der Waals surface area (Å²) in [5.41, 5.74) is 2.74. The molecule has 7 heterocycles. The van der Waals surface area contributed by atoms with Crippen molar-refractivity contribution in [3.8, 4) is 41.1 Å². The summed E-state index contributed by atoms with van der Waals surface area (Å²) < 4.78 is 45.9. The Kier molecular flexibility index (Phi) is 14.9. The molecular weight excluding hydrogens is 1090 g/mol. The normalized spacial score (nSPS) is 23.0. The number of phenols is 1. The number of anilines is 3. The first-order valence-corrected chi connectivity index (χ1v) is 28.7. The van der Waals surface area contributed by atoms with Crippen LogP contribution < -0.4 is 41.0 Å². The maximum atomic E-state index is 17.2. The Labute approximate surface area is 484 Å². The van der Waals surface area contributed by atoms with E-state index in [-0.39, 0.29) is 75.8 Å². The number of carbonyl (C=O) groups is 2. The summed E-state index contributed by atoms with van der Waals surface area (Å²) in [7, 11) is 1.47. The highest BCUT2D eigenvalue weighted by molar-refractivity contribution is 6.31. The van der Waals surface area contributed by atoms with Gasteiger partial charge in [-0.25, -0.2) is 8.78 Å². The van der Waals surface area contributed by atoms with Gasteiger partial charge in [0.1, 0.15) is 41.0 Å². The Bertz CT molecular complexity index is 3710. The molecule has 4 saturated heterocycles. The number of nitrogens with zero attached hydrogens (tertiary/aromatic N) is 5. The number of amides is 2. The van der Waals surface area contributed by atoms with Gasteiger partial charge in [-0.2, -0.15) is 9.97 Å². The van der Waals surface area contributed by atoms with E-state index >= 15 is 8.78 Å². The number of ether oxygens (including phenoxy) is 2. The summed E-state index contributed by atoms with van der Waals surface area (Å²) in [5, 5.41) is 30.0. The van der Waals surface area contributed by atoms with Crippen LogP contribution in [0.5, 0.6) is 17.5 Å². The summed E-state index contributed by atoms with van der Waals surface area (Å²) in [6.07, 6.45) is 12.0. The average Bonchev–Trinajstić information content (AvgIpc) is 4.43. The third kappa shape index (κ3) is 10.3. The van der Waals surface area contributed by atoms with E-state index < -0.39 is 34.9 Å². The van der Waals surface area contributed by atoms with Gasteiger partial charge in [-0.15, -0.1) is 6.42 Å². The number of methoxy groups -OCH3 is 1. The molecule has 1 spiro atoms. The second-order valence-corrected chi connectivity index (χ2v) is 24.4. The molecule has 5 aliphatic heterocycles. The highest BCUT2D eigenvalue weighted by Gasteiger charge is 2.61. The lowest BCUT2D eigenvalue weighted by Gasteiger charge is -2.39. The molecule has 5 aromatic carbocycles. The minimum Gasteiger partial charge on any atom is -0.508 e. The number of pyridine rings is 1. The van der Waals surface area contributed by atoms with E-state index in [4.69, 9.17) is 49.1 Å². The molecule has 2 amide bonds. The predicted octanol–water partition coefficient (Wildman–Crippen LogP) is 10.2. The van der Waals surface area contributed by atoms with Gasteiger partial charge in [0.15, 0.2) is 5.82 Å². The monoisotopic (exact) mass is 1150 g/mol. The molecular formula is C63H64Cl2F2N10O5. The number of likely N-dealkylation sites (tertiary alicyclic amines) is 1. The van der Waals surface area contributed by atoms with E-state index in [1.54, 1.807) is 54.7 Å². The molecule has 0 saturated carbocycles. The van der Waals surface area contributed by atoms with E-state index in [1.807, 2.05) is 24.3 Å². The Morgan fingerprint density at radius 1 is 0.963 bits per heavy atom. The third-order valence-electron chi connectivity index (χ3n) is 17.2. The number of hydrogen-bond donors (Lipinski definition) is 6. The van der Waals surface area contributed by atoms with E-state index in [2.05, 4.69) is 68.1 Å². The molecule has 5 aliphatic rings. The maximum absolute atomic E-state index is 17.2. The number of piperazine rings is 1. The van der Waals surface area contributed by atoms with Crippen LogP contribution in [0.4, 0.5) is 26.0 Å². The van der Waals surface area contributed by atoms with Crippen molar-refractivity contribution in [3.05, 3.63) is 135 Å². The number of aromatic hydroxyl groups is 1. The minimum atomic E-state index is -0.919. The average molecular weight is 1150 g/mol. The Morgan fingerprint density at radius 2 is 1.77 bits per heavy atom. The molecule has 15 nitrogen and oxygen atoms in total. The Balaban J connectivity index is 0.742. The van der Waals surface area contributed by atoms with Gasteiger partial charge in [0, 0.05) is 107 Å². The number of hydrogen-bond acceptors (Lipinski definition) is 13. The first-order valence-electron chi connectivity index (χ1n) is 28.0. The van der Waals surface area contributed by atoms with E-state index in [0.29, 0.717) is 94.1 Å². The number of benzene rings is 5. The molecule has 7 atom stereocenters. The van der Waals surface area contributed by atoms with Crippen LogP contribution >= 0.6 is 23.2 Å². The molecule has 2 bridgehead atoms. The molecule has 0 radical (unpaired) electrons. The van der Waals surface area contributed by atoms with Gasteiger partial charge in [0.2, 0.25) is 5.91 Å². The summed E-state index contributed by atoms with van der Waals surface area (Å²) in [6, 6.07) is 23.2. The zero-order valence-corrected chi connectivity index (χ0v) is 47.5. The number of rotatable bonds is 14. The van der Waals surface area contributed by atoms with Crippen LogP contribution in [-0.4, -0.2) is 120 Å². The summed E-state index contributed by atoms with van der Waals surface area (Å²) in [4.78, 5) is 47.4. The topological polar surface area (TPSA) is 178 Å². The van der Waals surface area contributed by atoms with Crippen LogP contribution in [0, 0.1) is 29.4 Å². The van der Waals surface area contributed by atoms with Crippen LogP contribution in [0.15, 0.2) is 91.1 Å². The number of carbonyl (C=O) groups excluding carboxylic acids is 2. The van der Waals surface area contributed by atoms with Gasteiger partial charge >= 0.3 is 6.01 Å². The first kappa shape index (κ1) is 55.2. The molecule has 0 aliphatic carbocycles. The quantitative estimate of drug-likeness (QED) is 0.0568. The fraction of sp³-hybridized carbons (Fsp3) is 0.381. The molecule has 424 valence electrons. The second-order valence-electron chi connectivity index (χ2n) is 23.6. The molecule has 4 fully saturated rings. The van der Waals surface area contributed by atoms with Gasteiger partial charge < -0.3 is 46.1 Å². The van der Waals surface area contributed by atoms with Crippen molar-refractivity contribution in [3.63, 3.8) is 0 Å². The van der Waals surface area contributed by atoms with Crippen molar-refractivity contribution in [2.45, 2.75) is 94.4 Å². The third-order valence-corrected chi connectivity index (χ3v) is 17.7. The van der Waals surface area contributed by atoms with E-state index in [0.717, 1.165) is 43.5 Å². The molecule has 7 aromatic rings. The zero-order valence-electron chi connectivity index (χ0n) is 46.0. The van der Waals surface area contributed by atoms with Crippen LogP contribution in [-0.2, 0) is 10.2 Å². The van der Waals surface area contributed by atoms with Gasteiger partial charge in [0.25, 0.3) is 5.91 Å². The van der Waals surface area contributed by atoms with Crippen molar-refractivity contribution in [2.75, 3.05) is 68.5 Å². The molecule has 3 unspecified atom stereocenters. The zero-order chi connectivity index (χ0) is 57.2. The van der Waals surface area contributed by atoms with Gasteiger partial charge in [-0.3, -0.25) is 19.5 Å². The second kappa shape index (κ2) is 22.1. The molecule has 82 heavy (non-hydrogen) atoms. The minimum absolute atomic E-state index is 0.00440. The smallest absolute Gasteiger partial charge is 0.319 e. The largest absolute Gasteiger partial charge is 0.508 e. The highest BCUT2D eigenvalue weighted by Crippen LogP contribution is 2.57. The summed E-state index contributed by atoms with van der Waals surface area (Å²) >= 11 is 13.0. The van der Waals surface area contributed by atoms with E-state index in [1.165, 1.54) is 19.2 Å². The first-order chi connectivity index (χ1) is 39.5. The molecule has 12 rings (SSSR count). The fourth-order valence-corrected chi connectivity index (χ4v) is 13.9. The van der Waals surface area contributed by atoms with Crippen molar-refractivity contribution >= 4 is 73.9 Å². The predicted molar refractivity (Wildman–Crippen MR) is 317 cm³/mol. The number of phenolic OH excluding ortho intramolecular Hbond substituents is 1. The number of halogens is 4. The SMILES string of the molecule is C#Cc1cccc2cc(O)cc(-c3ncc4c(N5C[C@H]6CC[C@@H](C5)N6)nc(OC[C@@H]5CCCN5CCNC(=O)c5ccc(NC(=O)C6N[C@H](CC(C)(C)C)C7(CNc8cc(Cl)ccc87)C6c6cccc(Cl)c6F)c(OC)c5)nc4c3F)c12. The Hall–Kier alpha value is -7.33. The molecule has 2 aromatic heterocycles. The maximum Gasteiger partial charge on any atom is 0.319 e. The highest BCUT2D eigenvalue weighted by atomic mass is 35.5. The van der Waals surface area contributed by atoms with Crippen LogP contribution in [0.2, 0.25) is 10.0 Å². The van der Waals surface area contributed by atoms with Crippen molar-refractivity contribution in [2.24, 2.45) is 5.41 Å². The van der Waals surface area contributed by atoms with Gasteiger partial charge in [0.05, 0.1) is 29.2 Å². The molecule has 19 heteroatoms.